The normalized spacial score (nSPS) is 18.6. The Bertz CT molecular complexity index is 952. The average Bonchev–Trinajstić information content (AvgIpc) is 2.98. The van der Waals surface area contributed by atoms with E-state index in [9.17, 15) is 13.2 Å². The van der Waals surface area contributed by atoms with Crippen LogP contribution in [-0.2, 0) is 10.0 Å². The molecule has 2 aromatic rings. The van der Waals surface area contributed by atoms with Crippen LogP contribution in [0, 0.1) is 0 Å². The van der Waals surface area contributed by atoms with Crippen LogP contribution in [0.25, 0.3) is 0 Å². The van der Waals surface area contributed by atoms with Gasteiger partial charge in [-0.1, -0.05) is 6.42 Å². The predicted octanol–water partition coefficient (Wildman–Crippen LogP) is 2.88. The summed E-state index contributed by atoms with van der Waals surface area (Å²) in [5.41, 5.74) is 0.878. The predicted molar refractivity (Wildman–Crippen MR) is 96.9 cm³/mol. The van der Waals surface area contributed by atoms with Crippen molar-refractivity contribution in [3.63, 3.8) is 0 Å². The number of fused-ring (bicyclic) bond motifs is 3. The minimum absolute atomic E-state index is 0.0879. The van der Waals surface area contributed by atoms with Crippen LogP contribution in [-0.4, -0.2) is 31.7 Å². The maximum Gasteiger partial charge on any atom is 0.286 e. The van der Waals surface area contributed by atoms with Crippen molar-refractivity contribution in [2.75, 3.05) is 16.8 Å². The number of hydrogen-bond acceptors (Lipinski definition) is 6. The number of amidine groups is 1. The third kappa shape index (κ3) is 3.05. The van der Waals surface area contributed by atoms with Crippen LogP contribution < -0.4 is 10.2 Å². The highest BCUT2D eigenvalue weighted by Crippen LogP contribution is 2.35. The number of benzene rings is 1. The molecular weight excluding hydrogens is 360 g/mol. The molecule has 4 rings (SSSR count). The van der Waals surface area contributed by atoms with Crippen LogP contribution in [0.2, 0.25) is 0 Å². The molecule has 9 heteroatoms. The Morgan fingerprint density at radius 2 is 2.12 bits per heavy atom. The van der Waals surface area contributed by atoms with Gasteiger partial charge in [0.1, 0.15) is 10.7 Å². The minimum Gasteiger partial charge on any atom is -0.328 e. The highest BCUT2D eigenvalue weighted by molar-refractivity contribution is 7.90. The van der Waals surface area contributed by atoms with E-state index in [2.05, 4.69) is 14.7 Å². The van der Waals surface area contributed by atoms with Gasteiger partial charge in [0, 0.05) is 30.1 Å². The molecule has 7 nitrogen and oxygen atoms in total. The van der Waals surface area contributed by atoms with E-state index < -0.39 is 15.9 Å². The molecule has 1 aromatic heterocycles. The monoisotopic (exact) mass is 376 g/mol. The molecule has 1 N–H and O–H groups in total. The summed E-state index contributed by atoms with van der Waals surface area (Å²) >= 11 is 1.30. The Morgan fingerprint density at radius 1 is 1.24 bits per heavy atom. The van der Waals surface area contributed by atoms with Crippen molar-refractivity contribution in [1.29, 1.82) is 0 Å². The topological polar surface area (TPSA) is 91.7 Å². The van der Waals surface area contributed by atoms with Gasteiger partial charge in [-0.2, -0.15) is 8.42 Å². The zero-order chi connectivity index (χ0) is 17.4. The van der Waals surface area contributed by atoms with Crippen LogP contribution in [0.1, 0.15) is 36.0 Å². The molecule has 0 saturated carbocycles. The lowest BCUT2D eigenvalue weighted by Crippen LogP contribution is -2.35. The van der Waals surface area contributed by atoms with Crippen LogP contribution in [0.5, 0.6) is 0 Å². The smallest absolute Gasteiger partial charge is 0.286 e. The van der Waals surface area contributed by atoms with Crippen molar-refractivity contribution >= 4 is 43.9 Å². The van der Waals surface area contributed by atoms with E-state index in [0.29, 0.717) is 23.1 Å². The molecule has 1 aromatic carbocycles. The molecule has 0 unspecified atom stereocenters. The van der Waals surface area contributed by atoms with E-state index in [4.69, 9.17) is 0 Å². The first kappa shape index (κ1) is 16.2. The molecule has 1 fully saturated rings. The van der Waals surface area contributed by atoms with E-state index >= 15 is 0 Å². The van der Waals surface area contributed by atoms with Crippen LogP contribution in [0.4, 0.5) is 10.8 Å². The summed E-state index contributed by atoms with van der Waals surface area (Å²) in [6.45, 7) is 0.742. The van der Waals surface area contributed by atoms with Gasteiger partial charge in [-0.3, -0.25) is 10.1 Å². The molecule has 0 radical (unpaired) electrons. The highest BCUT2D eigenvalue weighted by Gasteiger charge is 2.32. The Hall–Kier alpha value is -2.26. The number of rotatable bonds is 2. The van der Waals surface area contributed by atoms with Gasteiger partial charge in [0.15, 0.2) is 5.13 Å². The Morgan fingerprint density at radius 3 is 2.92 bits per heavy atom. The molecule has 25 heavy (non-hydrogen) atoms. The number of anilines is 2. The summed E-state index contributed by atoms with van der Waals surface area (Å²) < 4.78 is 29.1. The quantitative estimate of drug-likeness (QED) is 0.870. The van der Waals surface area contributed by atoms with Gasteiger partial charge in [0.25, 0.3) is 15.9 Å². The molecule has 2 aliphatic heterocycles. The number of nitrogens with zero attached hydrogens (tertiary/aromatic N) is 3. The lowest BCUT2D eigenvalue weighted by atomic mass is 10.1. The summed E-state index contributed by atoms with van der Waals surface area (Å²) in [6, 6.07) is 4.74. The zero-order valence-electron chi connectivity index (χ0n) is 13.3. The van der Waals surface area contributed by atoms with Crippen LogP contribution >= 0.6 is 11.3 Å². The number of hydrogen-bond donors (Lipinski definition) is 1. The van der Waals surface area contributed by atoms with Gasteiger partial charge in [0.05, 0.1) is 5.69 Å². The fraction of sp³-hybridized carbons (Fsp3) is 0.312. The first-order valence-corrected chi connectivity index (χ1v) is 10.3. The fourth-order valence-electron chi connectivity index (χ4n) is 3.08. The van der Waals surface area contributed by atoms with E-state index in [-0.39, 0.29) is 10.5 Å². The van der Waals surface area contributed by atoms with Crippen molar-refractivity contribution in [2.45, 2.75) is 30.6 Å². The molecule has 3 heterocycles. The summed E-state index contributed by atoms with van der Waals surface area (Å²) in [5, 5.41) is 4.89. The number of aromatic nitrogens is 1. The first-order chi connectivity index (χ1) is 12.0. The van der Waals surface area contributed by atoms with Gasteiger partial charge < -0.3 is 4.90 Å². The van der Waals surface area contributed by atoms with E-state index in [1.54, 1.807) is 23.7 Å². The van der Waals surface area contributed by atoms with E-state index in [0.717, 1.165) is 25.8 Å². The lowest BCUT2D eigenvalue weighted by Gasteiger charge is -2.29. The lowest BCUT2D eigenvalue weighted by molar-refractivity contribution is 0.102. The summed E-state index contributed by atoms with van der Waals surface area (Å²) in [7, 11) is -3.79. The highest BCUT2D eigenvalue weighted by atomic mass is 32.2. The fourth-order valence-corrected chi connectivity index (χ4v) is 4.88. The van der Waals surface area contributed by atoms with Crippen LogP contribution in [0.3, 0.4) is 0 Å². The number of thiazole rings is 1. The zero-order valence-corrected chi connectivity index (χ0v) is 14.9. The Balaban J connectivity index is 1.72. The summed E-state index contributed by atoms with van der Waals surface area (Å²) in [4.78, 5) is 18.4. The number of sulfonamides is 1. The summed E-state index contributed by atoms with van der Waals surface area (Å²) in [5.74, 6) is 0.212. The second-order valence-corrected chi connectivity index (χ2v) is 8.39. The van der Waals surface area contributed by atoms with Gasteiger partial charge >= 0.3 is 0 Å². The molecular formula is C16H16N4O3S2. The first-order valence-electron chi connectivity index (χ1n) is 8.01. The van der Waals surface area contributed by atoms with Gasteiger partial charge in [-0.15, -0.1) is 15.7 Å². The maximum atomic E-state index is 12.6. The Labute approximate surface area is 149 Å². The number of amides is 1. The molecule has 1 saturated heterocycles. The second kappa shape index (κ2) is 6.23. The van der Waals surface area contributed by atoms with Crippen molar-refractivity contribution in [3.8, 4) is 0 Å². The van der Waals surface area contributed by atoms with Crippen molar-refractivity contribution < 1.29 is 13.2 Å². The molecule has 0 atom stereocenters. The second-order valence-electron chi connectivity index (χ2n) is 5.92. The van der Waals surface area contributed by atoms with Gasteiger partial charge in [-0.05, 0) is 31.0 Å². The molecule has 2 aliphatic rings. The number of carbonyl (C=O) groups is 1. The average molecular weight is 376 g/mol. The van der Waals surface area contributed by atoms with Crippen LogP contribution in [0.15, 0.2) is 39.1 Å². The minimum atomic E-state index is -3.79. The van der Waals surface area contributed by atoms with Crippen molar-refractivity contribution in [1.82, 2.24) is 4.98 Å². The maximum absolute atomic E-state index is 12.6. The van der Waals surface area contributed by atoms with Gasteiger partial charge in [-0.25, -0.2) is 4.98 Å². The third-order valence-electron chi connectivity index (χ3n) is 4.26. The molecule has 0 spiro atoms. The van der Waals surface area contributed by atoms with Crippen molar-refractivity contribution in [3.05, 3.63) is 35.3 Å². The molecule has 0 aliphatic carbocycles. The van der Waals surface area contributed by atoms with Crippen molar-refractivity contribution in [2.24, 2.45) is 4.40 Å². The third-order valence-corrected chi connectivity index (χ3v) is 6.29. The Kier molecular flexibility index (Phi) is 4.04. The standard InChI is InChI=1S/C16H16N4O3S2/c21-15(18-16-17-7-9-24-16)11-5-6-12-13(10-11)25(22,23)19-14-4-2-1-3-8-20(12)14/h5-7,9-10H,1-4,8H2,(H,17,18,21). The van der Waals surface area contributed by atoms with Gasteiger partial charge in [0.2, 0.25) is 0 Å². The molecule has 1 amide bonds. The number of carbonyl (C=O) groups excluding carboxylic acids is 1. The molecule has 130 valence electrons. The number of nitrogens with one attached hydrogen (secondary N) is 1. The van der Waals surface area contributed by atoms with E-state index in [1.165, 1.54) is 17.4 Å². The van der Waals surface area contributed by atoms with E-state index in [1.807, 2.05) is 4.90 Å². The summed E-state index contributed by atoms with van der Waals surface area (Å²) in [6.07, 6.45) is 5.23. The molecule has 0 bridgehead atoms. The SMILES string of the molecule is O=C(Nc1nccs1)c1ccc2c(c1)S(=O)(=O)N=C1CCCCCN12. The largest absolute Gasteiger partial charge is 0.328 e.